The van der Waals surface area contributed by atoms with E-state index in [4.69, 9.17) is 15.1 Å². The molecular weight excluding hydrogens is 429 g/mol. The summed E-state index contributed by atoms with van der Waals surface area (Å²) in [6.07, 6.45) is 1.38. The Kier molecular flexibility index (Phi) is 12.0. The molecule has 0 aromatic heterocycles. The molecular formula is C18H41N4O4P3. The standard InChI is InChI=1S/C18H41N4O4P3/c1-10-13(23)26-28-17(6,7)11-15(2,3)27-16(4,5)12-18(8,19)22-25-14(24)21-29-20-9/h20,22,27-29H,10-12,19H2,1-9H3,(H,21,24). The lowest BCUT2D eigenvalue weighted by Gasteiger charge is -2.42. The molecule has 0 aliphatic rings. The monoisotopic (exact) mass is 470 g/mol. The number of hydrogen-bond donors (Lipinski definition) is 4. The van der Waals surface area contributed by atoms with Crippen LogP contribution in [0.5, 0.6) is 0 Å². The highest BCUT2D eigenvalue weighted by atomic mass is 31.1. The van der Waals surface area contributed by atoms with Crippen LogP contribution in [0.1, 0.15) is 74.7 Å². The fourth-order valence-corrected chi connectivity index (χ4v) is 7.99. The summed E-state index contributed by atoms with van der Waals surface area (Å²) < 4.78 is 5.40. The summed E-state index contributed by atoms with van der Waals surface area (Å²) in [5.41, 5.74) is 8.17. The normalized spacial score (nSPS) is 16.1. The number of carbonyl (C=O) groups is 2. The molecule has 11 heteroatoms. The predicted molar refractivity (Wildman–Crippen MR) is 127 cm³/mol. The fraction of sp³-hybridized carbons (Fsp3) is 0.889. The maximum atomic E-state index is 11.6. The van der Waals surface area contributed by atoms with Crippen LogP contribution in [0.4, 0.5) is 4.79 Å². The number of hydrogen-bond acceptors (Lipinski definition) is 7. The van der Waals surface area contributed by atoms with E-state index in [0.29, 0.717) is 21.4 Å². The Balaban J connectivity index is 4.78. The highest BCUT2D eigenvalue weighted by Crippen LogP contribution is 2.52. The van der Waals surface area contributed by atoms with E-state index in [1.807, 2.05) is 6.92 Å². The molecule has 29 heavy (non-hydrogen) atoms. The largest absolute Gasteiger partial charge is 0.448 e. The van der Waals surface area contributed by atoms with E-state index in [-0.39, 0.29) is 39.1 Å². The van der Waals surface area contributed by atoms with Gasteiger partial charge in [0.15, 0.2) is 0 Å². The first-order chi connectivity index (χ1) is 13.0. The van der Waals surface area contributed by atoms with Gasteiger partial charge in [0.2, 0.25) is 0 Å². The first-order valence-corrected chi connectivity index (χ1v) is 12.6. The van der Waals surface area contributed by atoms with Gasteiger partial charge in [0.25, 0.3) is 0 Å². The Labute approximate surface area is 181 Å². The van der Waals surface area contributed by atoms with E-state index in [1.165, 1.54) is 0 Å². The SMILES string of the molecule is CCC(=O)OPC(C)(C)CC(C)(C)PC(C)(C)CC(C)(N)NOC(=O)NPNC. The molecule has 0 saturated carbocycles. The van der Waals surface area contributed by atoms with E-state index < -0.39 is 11.8 Å². The molecule has 0 aromatic carbocycles. The second-order valence-electron chi connectivity index (χ2n) is 9.47. The second-order valence-corrected chi connectivity index (χ2v) is 15.2. The zero-order chi connectivity index (χ0) is 22.9. The van der Waals surface area contributed by atoms with Crippen molar-refractivity contribution in [1.29, 1.82) is 0 Å². The second kappa shape index (κ2) is 12.1. The Hall–Kier alpha value is -0.0900. The minimum absolute atomic E-state index is 0.0425. The number of hydroxylamine groups is 1. The van der Waals surface area contributed by atoms with Gasteiger partial charge in [-0.15, -0.1) is 14.1 Å². The van der Waals surface area contributed by atoms with Crippen molar-refractivity contribution in [2.24, 2.45) is 5.73 Å². The van der Waals surface area contributed by atoms with E-state index in [1.54, 1.807) is 14.0 Å². The van der Waals surface area contributed by atoms with Crippen molar-refractivity contribution in [1.82, 2.24) is 15.7 Å². The van der Waals surface area contributed by atoms with Crippen molar-refractivity contribution in [3.05, 3.63) is 0 Å². The first kappa shape index (κ1) is 28.9. The third kappa shape index (κ3) is 14.5. The van der Waals surface area contributed by atoms with Gasteiger partial charge < -0.3 is 15.1 Å². The predicted octanol–water partition coefficient (Wildman–Crippen LogP) is 3.96. The highest BCUT2D eigenvalue weighted by Gasteiger charge is 2.38. The van der Waals surface area contributed by atoms with Crippen LogP contribution in [-0.4, -0.2) is 40.2 Å². The quantitative estimate of drug-likeness (QED) is 0.183. The van der Waals surface area contributed by atoms with Crippen LogP contribution in [0.15, 0.2) is 0 Å². The van der Waals surface area contributed by atoms with Gasteiger partial charge in [0, 0.05) is 11.6 Å². The maximum absolute atomic E-state index is 11.6. The summed E-state index contributed by atoms with van der Waals surface area (Å²) in [5.74, 6) is -0.152. The molecule has 8 nitrogen and oxygen atoms in total. The molecule has 4 unspecified atom stereocenters. The minimum atomic E-state index is -0.861. The average molecular weight is 470 g/mol. The van der Waals surface area contributed by atoms with Gasteiger partial charge in [-0.25, -0.2) is 4.79 Å². The van der Waals surface area contributed by atoms with Gasteiger partial charge >= 0.3 is 12.1 Å². The van der Waals surface area contributed by atoms with Crippen LogP contribution in [0.2, 0.25) is 0 Å². The lowest BCUT2D eigenvalue weighted by molar-refractivity contribution is -0.133. The first-order valence-electron chi connectivity index (χ1n) is 9.74. The van der Waals surface area contributed by atoms with E-state index >= 15 is 0 Å². The lowest BCUT2D eigenvalue weighted by Crippen LogP contribution is -2.55. The van der Waals surface area contributed by atoms with Gasteiger partial charge in [-0.05, 0) is 37.1 Å². The summed E-state index contributed by atoms with van der Waals surface area (Å²) in [4.78, 5) is 28.1. The van der Waals surface area contributed by atoms with E-state index in [2.05, 4.69) is 57.2 Å². The number of rotatable bonds is 13. The van der Waals surface area contributed by atoms with Crippen LogP contribution < -0.4 is 21.4 Å². The average Bonchev–Trinajstić information content (AvgIpc) is 2.52. The van der Waals surface area contributed by atoms with Gasteiger partial charge in [-0.2, -0.15) is 0 Å². The molecule has 0 aliphatic carbocycles. The van der Waals surface area contributed by atoms with Gasteiger partial charge in [0.05, 0.1) is 23.4 Å². The van der Waals surface area contributed by atoms with Crippen molar-refractivity contribution in [3.8, 4) is 0 Å². The molecule has 0 aliphatic heterocycles. The Morgan fingerprint density at radius 2 is 1.52 bits per heavy atom. The third-order valence-corrected chi connectivity index (χ3v) is 7.11. The van der Waals surface area contributed by atoms with Crippen molar-refractivity contribution in [3.63, 3.8) is 0 Å². The molecule has 0 saturated heterocycles. The smallest absolute Gasteiger partial charge is 0.430 e. The van der Waals surface area contributed by atoms with Crippen molar-refractivity contribution >= 4 is 38.3 Å². The molecule has 0 aromatic rings. The summed E-state index contributed by atoms with van der Waals surface area (Å²) in [6, 6.07) is 0. The summed E-state index contributed by atoms with van der Waals surface area (Å²) in [7, 11) is 2.57. The fourth-order valence-electron chi connectivity index (χ4n) is 3.67. The van der Waals surface area contributed by atoms with Gasteiger partial charge in [-0.1, -0.05) is 48.5 Å². The van der Waals surface area contributed by atoms with Crippen molar-refractivity contribution < 1.29 is 19.0 Å². The van der Waals surface area contributed by atoms with Crippen molar-refractivity contribution in [2.75, 3.05) is 7.05 Å². The Morgan fingerprint density at radius 3 is 2.03 bits per heavy atom. The molecule has 0 radical (unpaired) electrons. The van der Waals surface area contributed by atoms with Crippen LogP contribution in [0, 0.1) is 0 Å². The topological polar surface area (TPSA) is 115 Å². The minimum Gasteiger partial charge on any atom is -0.448 e. The molecule has 4 atom stereocenters. The Morgan fingerprint density at radius 1 is 0.966 bits per heavy atom. The number of nitrogens with one attached hydrogen (secondary N) is 3. The molecule has 5 N–H and O–H groups in total. The molecule has 172 valence electrons. The number of amides is 1. The number of nitrogens with two attached hydrogens (primary N) is 1. The van der Waals surface area contributed by atoms with Gasteiger partial charge in [0.1, 0.15) is 0 Å². The molecule has 0 rings (SSSR count). The molecule has 1 amide bonds. The van der Waals surface area contributed by atoms with Crippen LogP contribution in [0.25, 0.3) is 0 Å². The molecule has 0 fully saturated rings. The summed E-state index contributed by atoms with van der Waals surface area (Å²) in [6.45, 7) is 16.7. The zero-order valence-electron chi connectivity index (χ0n) is 19.3. The van der Waals surface area contributed by atoms with Crippen LogP contribution >= 0.6 is 26.3 Å². The Bertz CT molecular complexity index is 543. The number of carbonyl (C=O) groups excluding carboxylic acids is 2. The summed E-state index contributed by atoms with van der Waals surface area (Å²) >= 11 is 0. The maximum Gasteiger partial charge on any atom is 0.430 e. The van der Waals surface area contributed by atoms with E-state index in [0.717, 1.165) is 6.42 Å². The van der Waals surface area contributed by atoms with Crippen LogP contribution in [-0.2, 0) is 14.2 Å². The van der Waals surface area contributed by atoms with Crippen molar-refractivity contribution in [2.45, 2.75) is 95.8 Å². The van der Waals surface area contributed by atoms with Gasteiger partial charge in [-0.3, -0.25) is 15.0 Å². The third-order valence-electron chi connectivity index (χ3n) is 3.77. The highest BCUT2D eigenvalue weighted by molar-refractivity contribution is 7.42. The summed E-state index contributed by atoms with van der Waals surface area (Å²) in [5, 5.41) is 5.27. The molecule has 0 spiro atoms. The van der Waals surface area contributed by atoms with Crippen LogP contribution in [0.3, 0.4) is 0 Å². The molecule has 0 bridgehead atoms. The van der Waals surface area contributed by atoms with E-state index in [9.17, 15) is 9.59 Å². The molecule has 0 heterocycles. The zero-order valence-corrected chi connectivity index (χ0v) is 22.3. The lowest BCUT2D eigenvalue weighted by atomic mass is 9.98.